The number of anilines is 1. The standard InChI is InChI=1S/C15H22N4O2/c1-10-9-17-12(14(20)21)13(18-10)19-7-5-15(6-8-19)4-2-3-11(15)16/h9,11H,2-8,16H2,1H3,(H,20,21). The number of nitrogens with two attached hydrogens (primary N) is 1. The third-order valence-corrected chi connectivity index (χ3v) is 5.11. The van der Waals surface area contributed by atoms with Crippen LogP contribution in [0.25, 0.3) is 0 Å². The van der Waals surface area contributed by atoms with Crippen LogP contribution < -0.4 is 10.6 Å². The van der Waals surface area contributed by atoms with Crippen LogP contribution in [0.15, 0.2) is 6.20 Å². The summed E-state index contributed by atoms with van der Waals surface area (Å²) < 4.78 is 0. The minimum Gasteiger partial charge on any atom is -0.476 e. The van der Waals surface area contributed by atoms with Gasteiger partial charge in [0, 0.05) is 25.3 Å². The minimum atomic E-state index is -1.02. The molecule has 0 radical (unpaired) electrons. The number of aromatic nitrogens is 2. The first kappa shape index (κ1) is 14.3. The Balaban J connectivity index is 1.81. The summed E-state index contributed by atoms with van der Waals surface area (Å²) in [4.78, 5) is 21.8. The largest absolute Gasteiger partial charge is 0.476 e. The molecule has 6 nitrogen and oxygen atoms in total. The van der Waals surface area contributed by atoms with Crippen molar-refractivity contribution in [2.45, 2.75) is 45.1 Å². The van der Waals surface area contributed by atoms with Crippen LogP contribution in [0, 0.1) is 12.3 Å². The molecule has 2 fully saturated rings. The van der Waals surface area contributed by atoms with Gasteiger partial charge in [-0.15, -0.1) is 0 Å². The number of hydrogen-bond donors (Lipinski definition) is 2. The Labute approximate surface area is 124 Å². The molecule has 2 aliphatic rings. The van der Waals surface area contributed by atoms with E-state index in [0.29, 0.717) is 11.9 Å². The van der Waals surface area contributed by atoms with Crippen LogP contribution in [-0.2, 0) is 0 Å². The summed E-state index contributed by atoms with van der Waals surface area (Å²) in [5.41, 5.74) is 7.34. The lowest BCUT2D eigenvalue weighted by Crippen LogP contribution is -2.47. The van der Waals surface area contributed by atoms with E-state index < -0.39 is 5.97 Å². The van der Waals surface area contributed by atoms with Gasteiger partial charge in [-0.25, -0.2) is 14.8 Å². The number of carboxylic acids is 1. The Morgan fingerprint density at radius 1 is 1.43 bits per heavy atom. The summed E-state index contributed by atoms with van der Waals surface area (Å²) in [7, 11) is 0. The molecule has 1 aliphatic carbocycles. The number of nitrogens with zero attached hydrogens (tertiary/aromatic N) is 3. The van der Waals surface area contributed by atoms with Crippen molar-refractivity contribution in [2.24, 2.45) is 11.1 Å². The van der Waals surface area contributed by atoms with Crippen LogP contribution in [0.3, 0.4) is 0 Å². The van der Waals surface area contributed by atoms with E-state index in [4.69, 9.17) is 5.73 Å². The van der Waals surface area contributed by atoms with Gasteiger partial charge in [0.25, 0.3) is 0 Å². The van der Waals surface area contributed by atoms with Gasteiger partial charge in [-0.1, -0.05) is 6.42 Å². The second-order valence-corrected chi connectivity index (χ2v) is 6.34. The Hall–Kier alpha value is -1.69. The van der Waals surface area contributed by atoms with E-state index in [0.717, 1.165) is 38.0 Å². The predicted octanol–water partition coefficient (Wildman–Crippen LogP) is 1.58. The molecule has 1 spiro atoms. The van der Waals surface area contributed by atoms with Crippen LogP contribution in [0.5, 0.6) is 0 Å². The molecule has 1 saturated heterocycles. The number of carboxylic acid groups (broad SMARTS) is 1. The van der Waals surface area contributed by atoms with Gasteiger partial charge in [0.15, 0.2) is 11.5 Å². The van der Waals surface area contributed by atoms with Crippen LogP contribution in [-0.4, -0.2) is 40.2 Å². The van der Waals surface area contributed by atoms with Crippen molar-refractivity contribution in [2.75, 3.05) is 18.0 Å². The summed E-state index contributed by atoms with van der Waals surface area (Å²) in [5.74, 6) is -0.515. The summed E-state index contributed by atoms with van der Waals surface area (Å²) in [6.45, 7) is 3.46. The van der Waals surface area contributed by atoms with Crippen molar-refractivity contribution in [1.29, 1.82) is 0 Å². The molecule has 0 aromatic carbocycles. The van der Waals surface area contributed by atoms with Gasteiger partial charge in [0.1, 0.15) is 0 Å². The zero-order valence-electron chi connectivity index (χ0n) is 12.4. The highest BCUT2D eigenvalue weighted by molar-refractivity contribution is 5.91. The quantitative estimate of drug-likeness (QED) is 0.859. The molecule has 6 heteroatoms. The third-order valence-electron chi connectivity index (χ3n) is 5.11. The molecular weight excluding hydrogens is 268 g/mol. The first-order valence-electron chi connectivity index (χ1n) is 7.59. The van der Waals surface area contributed by atoms with Gasteiger partial charge in [-0.05, 0) is 38.0 Å². The van der Waals surface area contributed by atoms with Crippen molar-refractivity contribution in [3.63, 3.8) is 0 Å². The summed E-state index contributed by atoms with van der Waals surface area (Å²) in [5, 5.41) is 9.29. The Bertz CT molecular complexity index is 553. The third kappa shape index (κ3) is 2.48. The van der Waals surface area contributed by atoms with Crippen molar-refractivity contribution in [1.82, 2.24) is 9.97 Å². The van der Waals surface area contributed by atoms with Gasteiger partial charge in [-0.3, -0.25) is 0 Å². The second-order valence-electron chi connectivity index (χ2n) is 6.34. The molecule has 3 N–H and O–H groups in total. The maximum Gasteiger partial charge on any atom is 0.358 e. The minimum absolute atomic E-state index is 0.0484. The lowest BCUT2D eigenvalue weighted by Gasteiger charge is -2.42. The fourth-order valence-corrected chi connectivity index (χ4v) is 3.79. The summed E-state index contributed by atoms with van der Waals surface area (Å²) >= 11 is 0. The molecule has 1 aromatic heterocycles. The van der Waals surface area contributed by atoms with E-state index in [1.165, 1.54) is 19.0 Å². The fourth-order valence-electron chi connectivity index (χ4n) is 3.79. The average Bonchev–Trinajstić information content (AvgIpc) is 2.80. The molecule has 0 bridgehead atoms. The number of hydrogen-bond acceptors (Lipinski definition) is 5. The van der Waals surface area contributed by atoms with Crippen molar-refractivity contribution in [3.05, 3.63) is 17.6 Å². The fraction of sp³-hybridized carbons (Fsp3) is 0.667. The van der Waals surface area contributed by atoms with Crippen LogP contribution in [0.4, 0.5) is 5.82 Å². The van der Waals surface area contributed by atoms with Gasteiger partial charge >= 0.3 is 5.97 Å². The van der Waals surface area contributed by atoms with Crippen molar-refractivity contribution < 1.29 is 9.90 Å². The Morgan fingerprint density at radius 3 is 2.71 bits per heavy atom. The molecule has 1 aromatic rings. The van der Waals surface area contributed by atoms with E-state index in [1.54, 1.807) is 0 Å². The van der Waals surface area contributed by atoms with Crippen molar-refractivity contribution in [3.8, 4) is 0 Å². The molecular formula is C15H22N4O2. The van der Waals surface area contributed by atoms with E-state index in [-0.39, 0.29) is 11.1 Å². The Kier molecular flexibility index (Phi) is 3.57. The number of aromatic carboxylic acids is 1. The highest BCUT2D eigenvalue weighted by atomic mass is 16.4. The first-order valence-corrected chi connectivity index (χ1v) is 7.59. The molecule has 0 amide bonds. The zero-order valence-corrected chi connectivity index (χ0v) is 12.4. The van der Waals surface area contributed by atoms with E-state index in [9.17, 15) is 9.90 Å². The second kappa shape index (κ2) is 5.26. The van der Waals surface area contributed by atoms with E-state index >= 15 is 0 Å². The maximum absolute atomic E-state index is 11.3. The van der Waals surface area contributed by atoms with Gasteiger partial charge < -0.3 is 15.7 Å². The number of carbonyl (C=O) groups is 1. The van der Waals surface area contributed by atoms with Crippen molar-refractivity contribution >= 4 is 11.8 Å². The molecule has 21 heavy (non-hydrogen) atoms. The lowest BCUT2D eigenvalue weighted by molar-refractivity contribution is 0.0690. The van der Waals surface area contributed by atoms with Gasteiger partial charge in [-0.2, -0.15) is 0 Å². The number of piperidine rings is 1. The molecule has 1 unspecified atom stereocenters. The molecule has 1 atom stereocenters. The SMILES string of the molecule is Cc1cnc(C(=O)O)c(N2CCC3(CCCC3N)CC2)n1. The molecule has 3 rings (SSSR count). The maximum atomic E-state index is 11.3. The lowest BCUT2D eigenvalue weighted by atomic mass is 9.74. The summed E-state index contributed by atoms with van der Waals surface area (Å²) in [6, 6.07) is 0.294. The van der Waals surface area contributed by atoms with Gasteiger partial charge in [0.05, 0.1) is 5.69 Å². The van der Waals surface area contributed by atoms with Crippen LogP contribution >= 0.6 is 0 Å². The smallest absolute Gasteiger partial charge is 0.358 e. The predicted molar refractivity (Wildman–Crippen MR) is 79.4 cm³/mol. The average molecular weight is 290 g/mol. The van der Waals surface area contributed by atoms with Gasteiger partial charge in [0.2, 0.25) is 0 Å². The number of aryl methyl sites for hydroxylation is 1. The summed E-state index contributed by atoms with van der Waals surface area (Å²) in [6.07, 6.45) is 7.07. The van der Waals surface area contributed by atoms with E-state index in [1.807, 2.05) is 6.92 Å². The normalized spacial score (nSPS) is 24.5. The Morgan fingerprint density at radius 2 is 2.14 bits per heavy atom. The first-order chi connectivity index (χ1) is 10.0. The highest BCUT2D eigenvalue weighted by Crippen LogP contribution is 2.45. The zero-order chi connectivity index (χ0) is 15.0. The van der Waals surface area contributed by atoms with Crippen LogP contribution in [0.2, 0.25) is 0 Å². The topological polar surface area (TPSA) is 92.3 Å². The monoisotopic (exact) mass is 290 g/mol. The molecule has 114 valence electrons. The molecule has 1 aliphatic heterocycles. The molecule has 1 saturated carbocycles. The van der Waals surface area contributed by atoms with E-state index in [2.05, 4.69) is 14.9 Å². The highest BCUT2D eigenvalue weighted by Gasteiger charge is 2.43. The number of rotatable bonds is 2. The molecule has 2 heterocycles. The van der Waals surface area contributed by atoms with Crippen LogP contribution in [0.1, 0.15) is 48.3 Å².